The number of methoxy groups -OCH3 is 1. The summed E-state index contributed by atoms with van der Waals surface area (Å²) < 4.78 is 4.37. The number of carbonyl (C=O) groups excluding carboxylic acids is 1. The van der Waals surface area contributed by atoms with Crippen molar-refractivity contribution in [3.8, 4) is 0 Å². The lowest BCUT2D eigenvalue weighted by atomic mass is 10.3. The maximum Gasteiger partial charge on any atom is 0.356 e. The number of esters is 1. The average Bonchev–Trinajstić information content (AvgIpc) is 2.50. The molecule has 0 saturated heterocycles. The Kier molecular flexibility index (Phi) is 2.10. The van der Waals surface area contributed by atoms with Crippen LogP contribution in [-0.2, 0) is 9.53 Å². The van der Waals surface area contributed by atoms with Crippen LogP contribution in [0.4, 0.5) is 0 Å². The molecule has 0 fully saturated rings. The molecule has 1 heterocycles. The van der Waals surface area contributed by atoms with Crippen LogP contribution in [0.1, 0.15) is 0 Å². The summed E-state index contributed by atoms with van der Waals surface area (Å²) in [4.78, 5) is 24.4. The molecule has 0 unspecified atom stereocenters. The Morgan fingerprint density at radius 1 is 1.82 bits per heavy atom. The Balaban J connectivity index is 2.70. The number of hydrogen-bond donors (Lipinski definition) is 0. The van der Waals surface area contributed by atoms with Gasteiger partial charge in [0.25, 0.3) is 0 Å². The van der Waals surface area contributed by atoms with Crippen molar-refractivity contribution in [2.45, 2.75) is 0 Å². The fourth-order valence-electron chi connectivity index (χ4n) is 0.699. The monoisotopic (exact) mass is 154 g/mol. The molecule has 11 heavy (non-hydrogen) atoms. The summed E-state index contributed by atoms with van der Waals surface area (Å²) in [6.07, 6.45) is 1.32. The molecule has 0 radical (unpaired) electrons. The van der Waals surface area contributed by atoms with Crippen molar-refractivity contribution in [2.24, 2.45) is 10.2 Å². The summed E-state index contributed by atoms with van der Waals surface area (Å²) in [6, 6.07) is 0. The smallest absolute Gasteiger partial charge is 0.356 e. The zero-order valence-corrected chi connectivity index (χ0v) is 5.90. The minimum atomic E-state index is -0.538. The number of rotatable bonds is 2. The molecule has 5 heteroatoms. The van der Waals surface area contributed by atoms with E-state index < -0.39 is 5.97 Å². The van der Waals surface area contributed by atoms with Crippen LogP contribution < -0.4 is 0 Å². The van der Waals surface area contributed by atoms with Crippen molar-refractivity contribution in [1.29, 1.82) is 0 Å². The number of ether oxygens (including phenoxy) is 1. The zero-order valence-electron chi connectivity index (χ0n) is 5.90. The van der Waals surface area contributed by atoms with Gasteiger partial charge in [0, 0.05) is 0 Å². The third-order valence-corrected chi connectivity index (χ3v) is 1.23. The summed E-state index contributed by atoms with van der Waals surface area (Å²) >= 11 is 0. The van der Waals surface area contributed by atoms with Crippen LogP contribution >= 0.6 is 0 Å². The SMILES string of the molecule is COC(=O)C1=NCC(N=O)=C1. The van der Waals surface area contributed by atoms with Gasteiger partial charge >= 0.3 is 5.97 Å². The summed E-state index contributed by atoms with van der Waals surface area (Å²) in [5, 5.41) is 2.64. The van der Waals surface area contributed by atoms with Crippen molar-refractivity contribution in [3.05, 3.63) is 16.7 Å². The van der Waals surface area contributed by atoms with Gasteiger partial charge in [0.15, 0.2) is 0 Å². The van der Waals surface area contributed by atoms with Gasteiger partial charge in [-0.3, -0.25) is 4.99 Å². The molecule has 5 nitrogen and oxygen atoms in total. The Bertz CT molecular complexity index is 255. The molecule has 0 aromatic carbocycles. The standard InChI is InChI=1S/C6H6N2O3/c1-11-6(9)5-2-4(8-10)3-7-5/h2H,3H2,1H3. The lowest BCUT2D eigenvalue weighted by Gasteiger charge is -1.91. The van der Waals surface area contributed by atoms with Gasteiger partial charge in [-0.15, -0.1) is 4.91 Å². The highest BCUT2D eigenvalue weighted by Gasteiger charge is 2.15. The lowest BCUT2D eigenvalue weighted by Crippen LogP contribution is -2.11. The highest BCUT2D eigenvalue weighted by molar-refractivity contribution is 6.41. The van der Waals surface area contributed by atoms with E-state index in [2.05, 4.69) is 14.9 Å². The summed E-state index contributed by atoms with van der Waals surface area (Å²) in [7, 11) is 1.25. The second kappa shape index (κ2) is 3.05. The number of nitroso groups, excluding NO2 is 1. The highest BCUT2D eigenvalue weighted by atomic mass is 16.5. The van der Waals surface area contributed by atoms with Gasteiger partial charge in [0.2, 0.25) is 0 Å². The van der Waals surface area contributed by atoms with Gasteiger partial charge in [0.1, 0.15) is 11.4 Å². The average molecular weight is 154 g/mol. The van der Waals surface area contributed by atoms with Gasteiger partial charge in [-0.05, 0) is 11.3 Å². The predicted octanol–water partition coefficient (Wildman–Crippen LogP) is 0.264. The van der Waals surface area contributed by atoms with E-state index >= 15 is 0 Å². The van der Waals surface area contributed by atoms with Crippen LogP contribution in [0.25, 0.3) is 0 Å². The molecule has 0 aromatic rings. The second-order valence-corrected chi connectivity index (χ2v) is 1.92. The number of hydrogen-bond acceptors (Lipinski definition) is 5. The third kappa shape index (κ3) is 1.49. The first-order chi connectivity index (χ1) is 5.27. The van der Waals surface area contributed by atoms with E-state index in [9.17, 15) is 9.70 Å². The van der Waals surface area contributed by atoms with E-state index in [4.69, 9.17) is 0 Å². The van der Waals surface area contributed by atoms with E-state index in [1.165, 1.54) is 13.2 Å². The number of carbonyl (C=O) groups is 1. The second-order valence-electron chi connectivity index (χ2n) is 1.92. The number of aliphatic imine (C=N–C) groups is 1. The third-order valence-electron chi connectivity index (χ3n) is 1.23. The van der Waals surface area contributed by atoms with Gasteiger partial charge in [-0.1, -0.05) is 0 Å². The molecule has 58 valence electrons. The zero-order chi connectivity index (χ0) is 8.27. The van der Waals surface area contributed by atoms with Gasteiger partial charge in [0.05, 0.1) is 13.7 Å². The van der Waals surface area contributed by atoms with E-state index in [1.54, 1.807) is 0 Å². The maximum atomic E-state index is 10.7. The van der Waals surface area contributed by atoms with Crippen LogP contribution in [0.5, 0.6) is 0 Å². The molecule has 1 aliphatic rings. The fourth-order valence-corrected chi connectivity index (χ4v) is 0.699. The Hall–Kier alpha value is -1.52. The van der Waals surface area contributed by atoms with Crippen LogP contribution in [-0.4, -0.2) is 25.3 Å². The molecule has 1 aliphatic heterocycles. The minimum Gasteiger partial charge on any atom is -0.464 e. The topological polar surface area (TPSA) is 68.1 Å². The Labute approximate surface area is 62.7 Å². The Morgan fingerprint density at radius 2 is 2.55 bits per heavy atom. The molecule has 0 bridgehead atoms. The normalized spacial score (nSPS) is 15.4. The molecule has 0 N–H and O–H groups in total. The first-order valence-corrected chi connectivity index (χ1v) is 2.94. The van der Waals surface area contributed by atoms with Crippen molar-refractivity contribution in [3.63, 3.8) is 0 Å². The molecular weight excluding hydrogens is 148 g/mol. The summed E-state index contributed by atoms with van der Waals surface area (Å²) in [5.74, 6) is -0.538. The first kappa shape index (κ1) is 7.59. The largest absolute Gasteiger partial charge is 0.464 e. The molecule has 0 amide bonds. The van der Waals surface area contributed by atoms with E-state index in [-0.39, 0.29) is 18.0 Å². The highest BCUT2D eigenvalue weighted by Crippen LogP contribution is 2.06. The molecule has 0 aliphatic carbocycles. The maximum absolute atomic E-state index is 10.7. The quantitative estimate of drug-likeness (QED) is 0.423. The minimum absolute atomic E-state index is 0.155. The van der Waals surface area contributed by atoms with Crippen LogP contribution in [0.2, 0.25) is 0 Å². The van der Waals surface area contributed by atoms with Gasteiger partial charge in [-0.2, -0.15) is 0 Å². The van der Waals surface area contributed by atoms with Crippen molar-refractivity contribution in [1.82, 2.24) is 0 Å². The fraction of sp³-hybridized carbons (Fsp3) is 0.333. The van der Waals surface area contributed by atoms with E-state index in [0.717, 1.165) is 0 Å². The Morgan fingerprint density at radius 3 is 3.00 bits per heavy atom. The van der Waals surface area contributed by atoms with Crippen molar-refractivity contribution >= 4 is 11.7 Å². The van der Waals surface area contributed by atoms with Gasteiger partial charge < -0.3 is 4.74 Å². The van der Waals surface area contributed by atoms with Crippen LogP contribution in [0.15, 0.2) is 21.9 Å². The molecule has 0 spiro atoms. The number of nitrogens with zero attached hydrogens (tertiary/aromatic N) is 2. The molecule has 1 rings (SSSR count). The lowest BCUT2D eigenvalue weighted by molar-refractivity contribution is -0.132. The predicted molar refractivity (Wildman–Crippen MR) is 38.2 cm³/mol. The van der Waals surface area contributed by atoms with E-state index in [0.29, 0.717) is 0 Å². The van der Waals surface area contributed by atoms with Crippen LogP contribution in [0.3, 0.4) is 0 Å². The van der Waals surface area contributed by atoms with Gasteiger partial charge in [-0.25, -0.2) is 4.79 Å². The molecule has 0 saturated carbocycles. The van der Waals surface area contributed by atoms with Crippen molar-refractivity contribution in [2.75, 3.05) is 13.7 Å². The molecule has 0 atom stereocenters. The van der Waals surface area contributed by atoms with E-state index in [1.807, 2.05) is 0 Å². The first-order valence-electron chi connectivity index (χ1n) is 2.94. The van der Waals surface area contributed by atoms with Crippen molar-refractivity contribution < 1.29 is 9.53 Å². The molecular formula is C6H6N2O3. The summed E-state index contributed by atoms with van der Waals surface area (Å²) in [5.41, 5.74) is 0.410. The summed E-state index contributed by atoms with van der Waals surface area (Å²) in [6.45, 7) is 0.175. The van der Waals surface area contributed by atoms with Crippen LogP contribution in [0, 0.1) is 4.91 Å². The molecule has 0 aromatic heterocycles.